The van der Waals surface area contributed by atoms with Crippen LogP contribution in [0.3, 0.4) is 0 Å². The molecule has 0 radical (unpaired) electrons. The van der Waals surface area contributed by atoms with Crippen LogP contribution in [0.1, 0.15) is 37.3 Å². The SMILES string of the molecule is CC(C)N(CC(=O)O)C(=O)CC(c1ccccc1)c1ccccc1. The Morgan fingerprint density at radius 3 is 1.75 bits per heavy atom. The van der Waals surface area contributed by atoms with Crippen molar-refractivity contribution in [2.75, 3.05) is 6.54 Å². The lowest BCUT2D eigenvalue weighted by atomic mass is 9.88. The average Bonchev–Trinajstić information content (AvgIpc) is 2.58. The molecule has 2 aromatic rings. The Bertz CT molecular complexity index is 628. The zero-order valence-electron chi connectivity index (χ0n) is 14.1. The summed E-state index contributed by atoms with van der Waals surface area (Å²) in [5.41, 5.74) is 2.10. The van der Waals surface area contributed by atoms with Gasteiger partial charge in [0, 0.05) is 18.4 Å². The molecule has 0 bridgehead atoms. The fraction of sp³-hybridized carbons (Fsp3) is 0.300. The van der Waals surface area contributed by atoms with E-state index in [0.717, 1.165) is 11.1 Å². The van der Waals surface area contributed by atoms with Gasteiger partial charge in [0.2, 0.25) is 5.91 Å². The first-order valence-corrected chi connectivity index (χ1v) is 8.10. The molecule has 0 fully saturated rings. The maximum atomic E-state index is 12.7. The van der Waals surface area contributed by atoms with Crippen LogP contribution < -0.4 is 0 Å². The largest absolute Gasteiger partial charge is 0.480 e. The summed E-state index contributed by atoms with van der Waals surface area (Å²) < 4.78 is 0. The standard InChI is InChI=1S/C20H23NO3/c1-15(2)21(14-20(23)24)19(22)13-18(16-9-5-3-6-10-16)17-11-7-4-8-12-17/h3-12,15,18H,13-14H2,1-2H3,(H,23,24). The molecule has 4 heteroatoms. The van der Waals surface area contributed by atoms with Gasteiger partial charge in [0.25, 0.3) is 0 Å². The molecular weight excluding hydrogens is 302 g/mol. The topological polar surface area (TPSA) is 57.6 Å². The number of rotatable bonds is 7. The van der Waals surface area contributed by atoms with Crippen molar-refractivity contribution < 1.29 is 14.7 Å². The van der Waals surface area contributed by atoms with E-state index in [1.807, 2.05) is 74.5 Å². The zero-order valence-corrected chi connectivity index (χ0v) is 14.1. The summed E-state index contributed by atoms with van der Waals surface area (Å²) in [6, 6.07) is 19.5. The predicted molar refractivity (Wildman–Crippen MR) is 93.8 cm³/mol. The Morgan fingerprint density at radius 2 is 1.38 bits per heavy atom. The molecular formula is C20H23NO3. The third kappa shape index (κ3) is 4.69. The molecule has 0 aliphatic rings. The Morgan fingerprint density at radius 1 is 0.917 bits per heavy atom. The van der Waals surface area contributed by atoms with Gasteiger partial charge in [0.1, 0.15) is 6.54 Å². The second-order valence-corrected chi connectivity index (χ2v) is 6.09. The highest BCUT2D eigenvalue weighted by Gasteiger charge is 2.25. The number of carboxylic acid groups (broad SMARTS) is 1. The maximum Gasteiger partial charge on any atom is 0.323 e. The van der Waals surface area contributed by atoms with Gasteiger partial charge in [-0.2, -0.15) is 0 Å². The van der Waals surface area contributed by atoms with Crippen LogP contribution >= 0.6 is 0 Å². The Balaban J connectivity index is 2.28. The summed E-state index contributed by atoms with van der Waals surface area (Å²) in [4.78, 5) is 25.2. The van der Waals surface area contributed by atoms with Gasteiger partial charge in [0.05, 0.1) is 0 Å². The minimum absolute atomic E-state index is 0.0880. The number of carboxylic acids is 1. The molecule has 4 nitrogen and oxygen atoms in total. The highest BCUT2D eigenvalue weighted by atomic mass is 16.4. The van der Waals surface area contributed by atoms with Gasteiger partial charge in [-0.25, -0.2) is 0 Å². The first kappa shape index (κ1) is 17.7. The van der Waals surface area contributed by atoms with E-state index in [0.29, 0.717) is 0 Å². The number of hydrogen-bond donors (Lipinski definition) is 1. The van der Waals surface area contributed by atoms with Crippen LogP contribution in [-0.4, -0.2) is 34.5 Å². The van der Waals surface area contributed by atoms with Crippen LogP contribution in [0.15, 0.2) is 60.7 Å². The van der Waals surface area contributed by atoms with Gasteiger partial charge in [0.15, 0.2) is 0 Å². The molecule has 0 spiro atoms. The molecule has 0 unspecified atom stereocenters. The van der Waals surface area contributed by atoms with Crippen molar-refractivity contribution in [3.8, 4) is 0 Å². The van der Waals surface area contributed by atoms with Crippen molar-refractivity contribution >= 4 is 11.9 Å². The first-order valence-electron chi connectivity index (χ1n) is 8.10. The van der Waals surface area contributed by atoms with E-state index in [-0.39, 0.29) is 30.8 Å². The average molecular weight is 325 g/mol. The summed E-state index contributed by atoms with van der Waals surface area (Å²) in [5, 5.41) is 9.06. The molecule has 0 saturated carbocycles. The number of carbonyl (C=O) groups is 2. The number of carbonyl (C=O) groups excluding carboxylic acids is 1. The predicted octanol–water partition coefficient (Wildman–Crippen LogP) is 3.53. The quantitative estimate of drug-likeness (QED) is 0.847. The third-order valence-corrected chi connectivity index (χ3v) is 4.03. The van der Waals surface area contributed by atoms with Crippen molar-refractivity contribution in [3.05, 3.63) is 71.8 Å². The molecule has 0 aliphatic heterocycles. The molecule has 24 heavy (non-hydrogen) atoms. The van der Waals surface area contributed by atoms with Gasteiger partial charge in [-0.15, -0.1) is 0 Å². The first-order chi connectivity index (χ1) is 11.5. The molecule has 1 N–H and O–H groups in total. The Labute approximate surface area is 142 Å². The Kier molecular flexibility index (Phi) is 6.13. The van der Waals surface area contributed by atoms with Crippen LogP contribution in [0, 0.1) is 0 Å². The monoisotopic (exact) mass is 325 g/mol. The molecule has 2 rings (SSSR count). The summed E-state index contributed by atoms with van der Waals surface area (Å²) in [6.07, 6.45) is 0.249. The minimum atomic E-state index is -0.993. The zero-order chi connectivity index (χ0) is 17.5. The summed E-state index contributed by atoms with van der Waals surface area (Å²) in [5.74, 6) is -1.23. The fourth-order valence-corrected chi connectivity index (χ4v) is 2.80. The third-order valence-electron chi connectivity index (χ3n) is 4.03. The van der Waals surface area contributed by atoms with E-state index in [9.17, 15) is 9.59 Å². The summed E-state index contributed by atoms with van der Waals surface area (Å²) in [7, 11) is 0. The molecule has 0 atom stereocenters. The van der Waals surface area contributed by atoms with Crippen molar-refractivity contribution in [2.24, 2.45) is 0 Å². The van der Waals surface area contributed by atoms with Crippen LogP contribution in [0.5, 0.6) is 0 Å². The van der Waals surface area contributed by atoms with Crippen LogP contribution in [-0.2, 0) is 9.59 Å². The van der Waals surface area contributed by atoms with E-state index in [1.165, 1.54) is 4.90 Å². The summed E-state index contributed by atoms with van der Waals surface area (Å²) >= 11 is 0. The Hall–Kier alpha value is -2.62. The minimum Gasteiger partial charge on any atom is -0.480 e. The second-order valence-electron chi connectivity index (χ2n) is 6.09. The van der Waals surface area contributed by atoms with Crippen molar-refractivity contribution in [1.29, 1.82) is 0 Å². The molecule has 0 saturated heterocycles. The highest BCUT2D eigenvalue weighted by molar-refractivity contribution is 5.82. The lowest BCUT2D eigenvalue weighted by molar-refractivity contribution is -0.145. The van der Waals surface area contributed by atoms with Gasteiger partial charge in [-0.3, -0.25) is 9.59 Å². The van der Waals surface area contributed by atoms with Crippen LogP contribution in [0.25, 0.3) is 0 Å². The molecule has 126 valence electrons. The van der Waals surface area contributed by atoms with E-state index in [4.69, 9.17) is 5.11 Å². The van der Waals surface area contributed by atoms with Gasteiger partial charge < -0.3 is 10.0 Å². The maximum absolute atomic E-state index is 12.7. The fourth-order valence-electron chi connectivity index (χ4n) is 2.80. The van der Waals surface area contributed by atoms with E-state index < -0.39 is 5.97 Å². The highest BCUT2D eigenvalue weighted by Crippen LogP contribution is 2.28. The molecule has 0 aliphatic carbocycles. The van der Waals surface area contributed by atoms with E-state index >= 15 is 0 Å². The lowest BCUT2D eigenvalue weighted by Crippen LogP contribution is -2.41. The summed E-state index contributed by atoms with van der Waals surface area (Å²) in [6.45, 7) is 3.40. The number of hydrogen-bond acceptors (Lipinski definition) is 2. The normalized spacial score (nSPS) is 10.8. The molecule has 2 aromatic carbocycles. The smallest absolute Gasteiger partial charge is 0.323 e. The van der Waals surface area contributed by atoms with E-state index in [1.54, 1.807) is 0 Å². The van der Waals surface area contributed by atoms with Crippen molar-refractivity contribution in [2.45, 2.75) is 32.2 Å². The molecule has 1 amide bonds. The molecule has 0 aromatic heterocycles. The second kappa shape index (κ2) is 8.29. The molecule has 0 heterocycles. The number of benzene rings is 2. The van der Waals surface area contributed by atoms with E-state index in [2.05, 4.69) is 0 Å². The number of aliphatic carboxylic acids is 1. The number of nitrogens with zero attached hydrogens (tertiary/aromatic N) is 1. The van der Waals surface area contributed by atoms with Gasteiger partial charge in [-0.05, 0) is 25.0 Å². The lowest BCUT2D eigenvalue weighted by Gasteiger charge is -2.27. The van der Waals surface area contributed by atoms with Gasteiger partial charge >= 0.3 is 5.97 Å². The van der Waals surface area contributed by atoms with Crippen LogP contribution in [0.2, 0.25) is 0 Å². The number of amides is 1. The van der Waals surface area contributed by atoms with Crippen LogP contribution in [0.4, 0.5) is 0 Å². The van der Waals surface area contributed by atoms with Gasteiger partial charge in [-0.1, -0.05) is 60.7 Å². The van der Waals surface area contributed by atoms with Crippen molar-refractivity contribution in [1.82, 2.24) is 4.90 Å². The van der Waals surface area contributed by atoms with Crippen molar-refractivity contribution in [3.63, 3.8) is 0 Å².